The Hall–Kier alpha value is -0.380. The molecule has 0 aromatic carbocycles. The van der Waals surface area contributed by atoms with Crippen molar-refractivity contribution < 1.29 is 5.11 Å². The van der Waals surface area contributed by atoms with Gasteiger partial charge in [-0.05, 0) is 36.6 Å². The molecule has 2 N–H and O–H groups in total. The molecule has 3 unspecified atom stereocenters. The third-order valence-corrected chi connectivity index (χ3v) is 4.78. The molecule has 1 aromatic heterocycles. The van der Waals surface area contributed by atoms with Crippen LogP contribution in [0.5, 0.6) is 0 Å². The monoisotopic (exact) mass is 253 g/mol. The first-order valence-electron chi connectivity index (χ1n) is 6.76. The first kappa shape index (κ1) is 13.1. The molecule has 0 saturated heterocycles. The van der Waals surface area contributed by atoms with E-state index in [0.29, 0.717) is 12.0 Å². The van der Waals surface area contributed by atoms with Gasteiger partial charge in [-0.25, -0.2) is 0 Å². The maximum absolute atomic E-state index is 9.95. The van der Waals surface area contributed by atoms with Crippen LogP contribution in [0.1, 0.15) is 49.9 Å². The van der Waals surface area contributed by atoms with Gasteiger partial charge in [0.15, 0.2) is 0 Å². The Labute approximate surface area is 108 Å². The Morgan fingerprint density at radius 3 is 2.94 bits per heavy atom. The average molecular weight is 253 g/mol. The van der Waals surface area contributed by atoms with Gasteiger partial charge in [0.05, 0.1) is 6.10 Å². The zero-order chi connectivity index (χ0) is 12.1. The van der Waals surface area contributed by atoms with E-state index in [2.05, 4.69) is 29.8 Å². The molecule has 0 radical (unpaired) electrons. The summed E-state index contributed by atoms with van der Waals surface area (Å²) in [6.45, 7) is 3.17. The highest BCUT2D eigenvalue weighted by Gasteiger charge is 2.23. The second kappa shape index (κ2) is 6.53. The molecule has 0 aliphatic heterocycles. The van der Waals surface area contributed by atoms with Gasteiger partial charge in [-0.2, -0.15) is 0 Å². The van der Waals surface area contributed by atoms with E-state index in [4.69, 9.17) is 0 Å². The topological polar surface area (TPSA) is 32.3 Å². The van der Waals surface area contributed by atoms with Crippen molar-refractivity contribution in [3.05, 3.63) is 22.4 Å². The Bertz CT molecular complexity index is 312. The molecule has 0 amide bonds. The Kier molecular flexibility index (Phi) is 5.01. The largest absolute Gasteiger partial charge is 0.393 e. The van der Waals surface area contributed by atoms with Gasteiger partial charge in [0.1, 0.15) is 0 Å². The summed E-state index contributed by atoms with van der Waals surface area (Å²) >= 11 is 1.82. The van der Waals surface area contributed by atoms with E-state index in [1.165, 1.54) is 24.1 Å². The fourth-order valence-electron chi connectivity index (χ4n) is 2.66. The normalized spacial score (nSPS) is 26.9. The smallest absolute Gasteiger partial charge is 0.0580 e. The fraction of sp³-hybridized carbons (Fsp3) is 0.714. The van der Waals surface area contributed by atoms with Crippen LogP contribution in [-0.2, 0) is 0 Å². The van der Waals surface area contributed by atoms with Crippen molar-refractivity contribution in [2.75, 3.05) is 6.54 Å². The number of rotatable bonds is 5. The van der Waals surface area contributed by atoms with E-state index in [9.17, 15) is 5.11 Å². The molecule has 1 aromatic rings. The maximum atomic E-state index is 9.95. The summed E-state index contributed by atoms with van der Waals surface area (Å²) in [6, 6.07) is 4.77. The van der Waals surface area contributed by atoms with Crippen LogP contribution >= 0.6 is 11.3 Å². The molecule has 1 saturated carbocycles. The van der Waals surface area contributed by atoms with Gasteiger partial charge in [-0.3, -0.25) is 0 Å². The van der Waals surface area contributed by atoms with Gasteiger partial charge >= 0.3 is 0 Å². The van der Waals surface area contributed by atoms with Crippen molar-refractivity contribution in [1.82, 2.24) is 5.32 Å². The summed E-state index contributed by atoms with van der Waals surface area (Å²) in [7, 11) is 0. The van der Waals surface area contributed by atoms with Crippen LogP contribution < -0.4 is 5.32 Å². The first-order valence-corrected chi connectivity index (χ1v) is 7.64. The summed E-state index contributed by atoms with van der Waals surface area (Å²) < 4.78 is 0. The van der Waals surface area contributed by atoms with E-state index in [0.717, 1.165) is 19.4 Å². The highest BCUT2D eigenvalue weighted by molar-refractivity contribution is 7.10. The van der Waals surface area contributed by atoms with Crippen LogP contribution in [0.15, 0.2) is 17.5 Å². The Morgan fingerprint density at radius 2 is 2.29 bits per heavy atom. The summed E-state index contributed by atoms with van der Waals surface area (Å²) in [5, 5.41) is 15.7. The molecule has 3 heteroatoms. The SMILES string of the molecule is CCC(NCC1CCCCC1O)c1cccs1. The summed E-state index contributed by atoms with van der Waals surface area (Å²) in [5.74, 6) is 0.456. The van der Waals surface area contributed by atoms with Gasteiger partial charge in [0, 0.05) is 17.5 Å². The Morgan fingerprint density at radius 1 is 1.47 bits per heavy atom. The molecule has 1 heterocycles. The van der Waals surface area contributed by atoms with Crippen LogP contribution in [0.2, 0.25) is 0 Å². The number of nitrogens with one attached hydrogen (secondary N) is 1. The lowest BCUT2D eigenvalue weighted by molar-refractivity contribution is 0.0680. The van der Waals surface area contributed by atoms with E-state index >= 15 is 0 Å². The van der Waals surface area contributed by atoms with Crippen molar-refractivity contribution >= 4 is 11.3 Å². The predicted molar refractivity (Wildman–Crippen MR) is 73.3 cm³/mol. The number of hydrogen-bond donors (Lipinski definition) is 2. The molecule has 0 bridgehead atoms. The molecule has 96 valence electrons. The minimum Gasteiger partial charge on any atom is -0.393 e. The number of hydrogen-bond acceptors (Lipinski definition) is 3. The highest BCUT2D eigenvalue weighted by atomic mass is 32.1. The van der Waals surface area contributed by atoms with E-state index in [-0.39, 0.29) is 6.10 Å². The van der Waals surface area contributed by atoms with Gasteiger partial charge in [-0.1, -0.05) is 25.8 Å². The van der Waals surface area contributed by atoms with Gasteiger partial charge in [-0.15, -0.1) is 11.3 Å². The zero-order valence-corrected chi connectivity index (χ0v) is 11.4. The molecular weight excluding hydrogens is 230 g/mol. The molecule has 2 rings (SSSR count). The van der Waals surface area contributed by atoms with Crippen LogP contribution in [0.25, 0.3) is 0 Å². The molecule has 0 spiro atoms. The second-order valence-electron chi connectivity index (χ2n) is 5.00. The molecule has 1 fully saturated rings. The molecule has 3 atom stereocenters. The zero-order valence-electron chi connectivity index (χ0n) is 10.6. The van der Waals surface area contributed by atoms with Crippen molar-refractivity contribution in [1.29, 1.82) is 0 Å². The van der Waals surface area contributed by atoms with E-state index in [1.54, 1.807) is 0 Å². The minimum atomic E-state index is -0.0860. The lowest BCUT2D eigenvalue weighted by atomic mass is 9.86. The average Bonchev–Trinajstić information content (AvgIpc) is 2.86. The van der Waals surface area contributed by atoms with Crippen molar-refractivity contribution in [3.8, 4) is 0 Å². The Balaban J connectivity index is 1.83. The number of aliphatic hydroxyl groups is 1. The predicted octanol–water partition coefficient (Wildman–Crippen LogP) is 3.34. The molecule has 1 aliphatic rings. The van der Waals surface area contributed by atoms with Crippen molar-refractivity contribution in [3.63, 3.8) is 0 Å². The van der Waals surface area contributed by atoms with Crippen molar-refractivity contribution in [2.45, 2.75) is 51.2 Å². The molecule has 17 heavy (non-hydrogen) atoms. The minimum absolute atomic E-state index is 0.0860. The second-order valence-corrected chi connectivity index (χ2v) is 5.98. The summed E-state index contributed by atoms with van der Waals surface area (Å²) in [5.41, 5.74) is 0. The van der Waals surface area contributed by atoms with Crippen molar-refractivity contribution in [2.24, 2.45) is 5.92 Å². The van der Waals surface area contributed by atoms with Gasteiger partial charge in [0.25, 0.3) is 0 Å². The standard InChI is InChI=1S/C14H23NOS/c1-2-12(14-8-5-9-17-14)15-10-11-6-3-4-7-13(11)16/h5,8-9,11-13,15-16H,2-4,6-7,10H2,1H3. The van der Waals surface area contributed by atoms with Gasteiger partial charge < -0.3 is 10.4 Å². The summed E-state index contributed by atoms with van der Waals surface area (Å²) in [4.78, 5) is 1.41. The van der Waals surface area contributed by atoms with Crippen LogP contribution in [0.4, 0.5) is 0 Å². The van der Waals surface area contributed by atoms with E-state index < -0.39 is 0 Å². The molecule has 2 nitrogen and oxygen atoms in total. The third kappa shape index (κ3) is 3.54. The maximum Gasteiger partial charge on any atom is 0.0580 e. The number of aliphatic hydroxyl groups excluding tert-OH is 1. The molecule has 1 aliphatic carbocycles. The third-order valence-electron chi connectivity index (χ3n) is 3.79. The van der Waals surface area contributed by atoms with Gasteiger partial charge in [0.2, 0.25) is 0 Å². The highest BCUT2D eigenvalue weighted by Crippen LogP contribution is 2.26. The lowest BCUT2D eigenvalue weighted by Gasteiger charge is -2.29. The van der Waals surface area contributed by atoms with Crippen LogP contribution in [-0.4, -0.2) is 17.8 Å². The summed E-state index contributed by atoms with van der Waals surface area (Å²) in [6.07, 6.45) is 5.66. The number of thiophene rings is 1. The van der Waals surface area contributed by atoms with E-state index in [1.807, 2.05) is 11.3 Å². The van der Waals surface area contributed by atoms with Crippen LogP contribution in [0.3, 0.4) is 0 Å². The fourth-order valence-corrected chi connectivity index (χ4v) is 3.54. The lowest BCUT2D eigenvalue weighted by Crippen LogP contribution is -2.35. The molecular formula is C14H23NOS. The quantitative estimate of drug-likeness (QED) is 0.843. The first-order chi connectivity index (χ1) is 8.31. The van der Waals surface area contributed by atoms with Crippen LogP contribution in [0, 0.1) is 5.92 Å².